The molecule has 0 aliphatic carbocycles. The van der Waals surface area contributed by atoms with Gasteiger partial charge in [0.15, 0.2) is 0 Å². The molecule has 0 spiro atoms. The third kappa shape index (κ3) is 49.3. The first kappa shape index (κ1) is 120. The van der Waals surface area contributed by atoms with E-state index in [1.54, 1.807) is 32.1 Å². The molecule has 0 aliphatic rings. The topological polar surface area (TPSA) is 0 Å². The van der Waals surface area contributed by atoms with Gasteiger partial charge in [-0.1, -0.05) is 566 Å². The molecular weight excluding hydrogens is 1440 g/mol. The zero-order valence-electron chi connectivity index (χ0n) is 90.0. The minimum Gasteiger partial charge on any atom is -0.0654 e. The molecule has 120 heavy (non-hydrogen) atoms. The van der Waals surface area contributed by atoms with Gasteiger partial charge in [-0.2, -0.15) is 0 Å². The minimum atomic E-state index is 0.123. The smallest absolute Gasteiger partial charge is 0.0171 e. The molecule has 0 aliphatic heterocycles. The largest absolute Gasteiger partial charge is 0.0654 e. The van der Waals surface area contributed by atoms with E-state index in [9.17, 15) is 0 Å². The highest BCUT2D eigenvalue weighted by molar-refractivity contribution is 5.20. The molecule has 0 rings (SSSR count). The molecule has 16 atom stereocenters. The number of hydrogen-bond donors (Lipinski definition) is 0. The molecule has 16 unspecified atom stereocenters. The van der Waals surface area contributed by atoms with Crippen LogP contribution < -0.4 is 0 Å². The molecule has 0 saturated carbocycles. The van der Waals surface area contributed by atoms with Crippen molar-refractivity contribution in [2.75, 3.05) is 0 Å². The van der Waals surface area contributed by atoms with Crippen LogP contribution in [0.3, 0.4) is 0 Å². The number of rotatable bonds is 90. The first-order valence-electron chi connectivity index (χ1n) is 57.6. The van der Waals surface area contributed by atoms with E-state index < -0.39 is 0 Å². The van der Waals surface area contributed by atoms with E-state index in [0.29, 0.717) is 29.1 Å². The molecular formula is C120H242. The maximum absolute atomic E-state index is 3.24. The fourth-order valence-electron chi connectivity index (χ4n) is 27.7. The lowest BCUT2D eigenvalue weighted by molar-refractivity contribution is -0.254. The summed E-state index contributed by atoms with van der Waals surface area (Å²) in [5.41, 5.74) is 1.13. The van der Waals surface area contributed by atoms with Crippen molar-refractivity contribution in [2.45, 2.75) is 656 Å². The standard InChI is InChI=1S/C120H242/c1-29-46-57-64-81-113(74-56-39-11)99-120(98-112(70-44-16)80-63-52-35-7,118(88-45-17,95-103(21)86-85-102(20)84-83-101(18)19)114(92-109(67-41-13)77-60-49-32-4)100-116(27,28)94-104(22)93-115(24,25)26)119(97-111(69-43-15)79-62-51-34-6,89-65-82-106(71-53-36-8)72-54-37-9)117(96-110(68-42-14)78-61-50-33-5,90-87-107(73-55-38-10)75-58-47-30-2)105(23)91-108(66-40-12)76-59-48-31-3/h101-114H,29-100H2,1-28H3. The van der Waals surface area contributed by atoms with E-state index in [0.717, 1.165) is 59.2 Å². The third-order valence-electron chi connectivity index (χ3n) is 33.2. The lowest BCUT2D eigenvalue weighted by Crippen LogP contribution is -2.67. The molecule has 0 saturated heterocycles. The fraction of sp³-hybridized carbons (Fsp3) is 1.00. The van der Waals surface area contributed by atoms with Crippen LogP contribution in [0.25, 0.3) is 0 Å². The summed E-state index contributed by atoms with van der Waals surface area (Å²) in [6.07, 6.45) is 103. The average molecular weight is 1690 g/mol. The van der Waals surface area contributed by atoms with E-state index in [-0.39, 0.29) is 27.1 Å². The maximum Gasteiger partial charge on any atom is -0.0171 e. The normalized spacial score (nSPS) is 17.8. The Bertz CT molecular complexity index is 2150. The van der Waals surface area contributed by atoms with Crippen molar-refractivity contribution in [3.8, 4) is 0 Å². The van der Waals surface area contributed by atoms with Crippen molar-refractivity contribution in [2.24, 2.45) is 115 Å². The van der Waals surface area contributed by atoms with Crippen molar-refractivity contribution in [3.63, 3.8) is 0 Å². The molecule has 0 amide bonds. The second-order valence-corrected chi connectivity index (χ2v) is 47.2. The summed E-state index contributed by atoms with van der Waals surface area (Å²) in [5.74, 6) is 10.7. The summed E-state index contributed by atoms with van der Waals surface area (Å²) in [5, 5.41) is 0. The van der Waals surface area contributed by atoms with Gasteiger partial charge in [0, 0.05) is 0 Å². The summed E-state index contributed by atoms with van der Waals surface area (Å²) in [4.78, 5) is 0. The van der Waals surface area contributed by atoms with Crippen LogP contribution in [0.5, 0.6) is 0 Å². The highest BCUT2D eigenvalue weighted by Gasteiger charge is 2.71. The Hall–Kier alpha value is 0. The van der Waals surface area contributed by atoms with Gasteiger partial charge in [-0.3, -0.25) is 0 Å². The van der Waals surface area contributed by atoms with Gasteiger partial charge in [0.25, 0.3) is 0 Å². The summed E-state index contributed by atoms with van der Waals surface area (Å²) in [7, 11) is 0. The zero-order chi connectivity index (χ0) is 90.0. The molecule has 0 heteroatoms. The number of unbranched alkanes of at least 4 members (excludes halogenated alkanes) is 19. The highest BCUT2D eigenvalue weighted by Crippen LogP contribution is 2.79. The molecule has 0 heterocycles. The van der Waals surface area contributed by atoms with Gasteiger partial charge in [0.2, 0.25) is 0 Å². The van der Waals surface area contributed by atoms with Crippen LogP contribution in [0.15, 0.2) is 0 Å². The van der Waals surface area contributed by atoms with Crippen LogP contribution >= 0.6 is 0 Å². The third-order valence-corrected chi connectivity index (χ3v) is 33.2. The predicted octanol–water partition coefficient (Wildman–Crippen LogP) is 44.2. The Labute approximate surface area is 766 Å². The van der Waals surface area contributed by atoms with Gasteiger partial charge in [-0.05, 0) is 205 Å². The SMILES string of the molecule is CCCCCCC(CCCC)CC(CC(CCC)CCCCC)(C(CCC)(CC(C)CCC(C)CCC(C)C)C(CC(CCC)CCCCC)CC(C)(C)CC(C)CC(C)(C)C)C(CCCC(CCCC)CCCC)(CC(CCC)CCCCC)C(CCC(CCCC)CCCCC)(CC(CCC)CCCCC)C(C)CC(CCC)CCCCC. The molecule has 0 bridgehead atoms. The van der Waals surface area contributed by atoms with Crippen LogP contribution in [0.4, 0.5) is 0 Å². The fourth-order valence-corrected chi connectivity index (χ4v) is 27.7. The van der Waals surface area contributed by atoms with Gasteiger partial charge in [-0.15, -0.1) is 0 Å². The van der Waals surface area contributed by atoms with E-state index in [2.05, 4.69) is 194 Å². The first-order chi connectivity index (χ1) is 57.6. The zero-order valence-corrected chi connectivity index (χ0v) is 90.0. The molecule has 0 fully saturated rings. The summed E-state index contributed by atoms with van der Waals surface area (Å²) < 4.78 is 0. The summed E-state index contributed by atoms with van der Waals surface area (Å²) in [6.45, 7) is 75.1. The van der Waals surface area contributed by atoms with Crippen LogP contribution in [0.1, 0.15) is 656 Å². The Balaban J connectivity index is 13.5. The van der Waals surface area contributed by atoms with Crippen molar-refractivity contribution < 1.29 is 0 Å². The minimum absolute atomic E-state index is 0.123. The van der Waals surface area contributed by atoms with Crippen LogP contribution in [-0.2, 0) is 0 Å². The van der Waals surface area contributed by atoms with Gasteiger partial charge in [0.1, 0.15) is 0 Å². The molecule has 0 aromatic carbocycles. The summed E-state index contributed by atoms with van der Waals surface area (Å²) >= 11 is 0. The Morgan fingerprint density at radius 1 is 0.183 bits per heavy atom. The quantitative estimate of drug-likeness (QED) is 0.0533. The average Bonchev–Trinajstić information content (AvgIpc) is 0.676. The predicted molar refractivity (Wildman–Crippen MR) is 555 cm³/mol. The van der Waals surface area contributed by atoms with Gasteiger partial charge in [-0.25, -0.2) is 0 Å². The van der Waals surface area contributed by atoms with E-state index >= 15 is 0 Å². The number of hydrogen-bond acceptors (Lipinski definition) is 0. The lowest BCUT2D eigenvalue weighted by atomic mass is 9.30. The molecule has 0 aromatic heterocycles. The van der Waals surface area contributed by atoms with Crippen LogP contribution in [-0.4, -0.2) is 0 Å². The Kier molecular flexibility index (Phi) is 73.6. The molecule has 0 aromatic rings. The van der Waals surface area contributed by atoms with Crippen molar-refractivity contribution in [3.05, 3.63) is 0 Å². The second kappa shape index (κ2) is 73.6. The Morgan fingerprint density at radius 3 is 0.917 bits per heavy atom. The summed E-state index contributed by atoms with van der Waals surface area (Å²) in [6, 6.07) is 0. The van der Waals surface area contributed by atoms with Crippen molar-refractivity contribution in [1.82, 2.24) is 0 Å². The second-order valence-electron chi connectivity index (χ2n) is 47.2. The van der Waals surface area contributed by atoms with Crippen LogP contribution in [0.2, 0.25) is 0 Å². The molecule has 0 nitrogen and oxygen atoms in total. The van der Waals surface area contributed by atoms with E-state index in [1.807, 2.05) is 0 Å². The van der Waals surface area contributed by atoms with E-state index in [4.69, 9.17) is 0 Å². The van der Waals surface area contributed by atoms with Gasteiger partial charge >= 0.3 is 0 Å². The maximum atomic E-state index is 3.24. The monoisotopic (exact) mass is 1680 g/mol. The Morgan fingerprint density at radius 2 is 0.508 bits per heavy atom. The van der Waals surface area contributed by atoms with Crippen LogP contribution in [0, 0.1) is 115 Å². The molecule has 0 N–H and O–H groups in total. The first-order valence-corrected chi connectivity index (χ1v) is 57.6. The van der Waals surface area contributed by atoms with Crippen molar-refractivity contribution >= 4 is 0 Å². The molecule has 722 valence electrons. The molecule has 0 radical (unpaired) electrons. The highest BCUT2D eigenvalue weighted by atomic mass is 14.8. The van der Waals surface area contributed by atoms with E-state index in [1.165, 1.54) is 430 Å². The van der Waals surface area contributed by atoms with Gasteiger partial charge in [0.05, 0.1) is 0 Å². The lowest BCUT2D eigenvalue weighted by Gasteiger charge is -2.74. The van der Waals surface area contributed by atoms with Crippen molar-refractivity contribution in [1.29, 1.82) is 0 Å². The van der Waals surface area contributed by atoms with Gasteiger partial charge < -0.3 is 0 Å².